The molecule has 1 heterocycles. The summed E-state index contributed by atoms with van der Waals surface area (Å²) in [5.74, 6) is 0.811. The van der Waals surface area contributed by atoms with Crippen molar-refractivity contribution in [1.29, 1.82) is 0 Å². The number of benzene rings is 1. The highest BCUT2D eigenvalue weighted by Crippen LogP contribution is 2.31. The molecule has 0 aliphatic heterocycles. The van der Waals surface area contributed by atoms with Gasteiger partial charge in [-0.15, -0.1) is 0 Å². The molecule has 30 heavy (non-hydrogen) atoms. The fraction of sp³-hybridized carbons (Fsp3) is 0.524. The van der Waals surface area contributed by atoms with Gasteiger partial charge in [-0.05, 0) is 57.9 Å². The number of aromatic nitrogens is 2. The van der Waals surface area contributed by atoms with Crippen LogP contribution >= 0.6 is 0 Å². The van der Waals surface area contributed by atoms with Crippen molar-refractivity contribution in [3.63, 3.8) is 0 Å². The molecule has 1 atom stereocenters. The standard InChI is InChI=1S/C21H30F3N5O/c1-6-25-20(27-14(2)12-19-15(3)28-29(5)16(19)4)26-10-11-30-18-9-7-8-17(13-18)21(22,23)24/h7-9,13-14H,6,10-12H2,1-5H3,(H2,25,26,27). The summed E-state index contributed by atoms with van der Waals surface area (Å²) in [6.07, 6.45) is -3.59. The van der Waals surface area contributed by atoms with Crippen LogP contribution in [0.4, 0.5) is 13.2 Å². The second-order valence-electron chi connectivity index (χ2n) is 7.16. The number of nitrogens with one attached hydrogen (secondary N) is 2. The van der Waals surface area contributed by atoms with Crippen LogP contribution in [-0.2, 0) is 19.6 Å². The number of guanidine groups is 1. The van der Waals surface area contributed by atoms with Crippen molar-refractivity contribution < 1.29 is 17.9 Å². The monoisotopic (exact) mass is 425 g/mol. The van der Waals surface area contributed by atoms with Gasteiger partial charge in [0.1, 0.15) is 12.4 Å². The van der Waals surface area contributed by atoms with Gasteiger partial charge in [-0.2, -0.15) is 18.3 Å². The fourth-order valence-corrected chi connectivity index (χ4v) is 3.11. The number of nitrogens with zero attached hydrogens (tertiary/aromatic N) is 3. The highest BCUT2D eigenvalue weighted by atomic mass is 19.4. The third kappa shape index (κ3) is 6.67. The Labute approximate surface area is 175 Å². The third-order valence-electron chi connectivity index (χ3n) is 4.69. The zero-order valence-corrected chi connectivity index (χ0v) is 18.1. The molecule has 0 aliphatic rings. The van der Waals surface area contributed by atoms with E-state index in [2.05, 4.69) is 27.6 Å². The normalized spacial score (nSPS) is 13.3. The molecule has 6 nitrogen and oxygen atoms in total. The Bertz CT molecular complexity index is 861. The minimum Gasteiger partial charge on any atom is -0.492 e. The second-order valence-corrected chi connectivity index (χ2v) is 7.16. The van der Waals surface area contributed by atoms with Gasteiger partial charge < -0.3 is 15.4 Å². The molecule has 0 radical (unpaired) electrons. The SMILES string of the molecule is CCNC(=NCCOc1cccc(C(F)(F)F)c1)NC(C)Cc1c(C)nn(C)c1C. The zero-order valence-electron chi connectivity index (χ0n) is 18.1. The average Bonchev–Trinajstić information content (AvgIpc) is 2.91. The largest absolute Gasteiger partial charge is 0.492 e. The van der Waals surface area contributed by atoms with Crippen LogP contribution in [-0.4, -0.2) is 41.5 Å². The quantitative estimate of drug-likeness (QED) is 0.385. The van der Waals surface area contributed by atoms with Crippen LogP contribution in [0.25, 0.3) is 0 Å². The maximum absolute atomic E-state index is 12.8. The summed E-state index contributed by atoms with van der Waals surface area (Å²) in [5, 5.41) is 11.0. The predicted molar refractivity (Wildman–Crippen MR) is 112 cm³/mol. The van der Waals surface area contributed by atoms with Gasteiger partial charge in [-0.1, -0.05) is 6.07 Å². The maximum Gasteiger partial charge on any atom is 0.416 e. The highest BCUT2D eigenvalue weighted by molar-refractivity contribution is 5.80. The Kier molecular flexibility index (Phi) is 8.14. The van der Waals surface area contributed by atoms with E-state index in [-0.39, 0.29) is 18.4 Å². The molecule has 2 N–H and O–H groups in total. The Hall–Kier alpha value is -2.71. The number of aryl methyl sites for hydroxylation is 2. The van der Waals surface area contributed by atoms with Crippen molar-refractivity contribution in [3.8, 4) is 5.75 Å². The molecule has 0 fully saturated rings. The van der Waals surface area contributed by atoms with Gasteiger partial charge in [0.25, 0.3) is 0 Å². The van der Waals surface area contributed by atoms with Crippen LogP contribution in [0.5, 0.6) is 5.75 Å². The summed E-state index contributed by atoms with van der Waals surface area (Å²) in [5.41, 5.74) is 2.63. The highest BCUT2D eigenvalue weighted by Gasteiger charge is 2.30. The van der Waals surface area contributed by atoms with E-state index in [0.29, 0.717) is 19.0 Å². The van der Waals surface area contributed by atoms with E-state index in [0.717, 1.165) is 29.9 Å². The van der Waals surface area contributed by atoms with E-state index in [1.165, 1.54) is 17.7 Å². The van der Waals surface area contributed by atoms with Crippen LogP contribution in [0.3, 0.4) is 0 Å². The number of aliphatic imine (C=N–C) groups is 1. The molecule has 1 aromatic carbocycles. The lowest BCUT2D eigenvalue weighted by atomic mass is 10.1. The molecular weight excluding hydrogens is 395 g/mol. The molecule has 0 amide bonds. The minimum absolute atomic E-state index is 0.119. The van der Waals surface area contributed by atoms with Gasteiger partial charge in [0, 0.05) is 25.3 Å². The molecule has 0 saturated carbocycles. The van der Waals surface area contributed by atoms with E-state index < -0.39 is 11.7 Å². The van der Waals surface area contributed by atoms with Gasteiger partial charge >= 0.3 is 6.18 Å². The Morgan fingerprint density at radius 3 is 2.63 bits per heavy atom. The zero-order chi connectivity index (χ0) is 22.3. The van der Waals surface area contributed by atoms with Crippen molar-refractivity contribution in [3.05, 3.63) is 46.8 Å². The van der Waals surface area contributed by atoms with Gasteiger partial charge in [-0.25, -0.2) is 4.99 Å². The maximum atomic E-state index is 12.8. The summed E-state index contributed by atoms with van der Waals surface area (Å²) in [6, 6.07) is 4.97. The number of hydrogen-bond donors (Lipinski definition) is 2. The number of rotatable bonds is 8. The molecule has 0 aliphatic carbocycles. The lowest BCUT2D eigenvalue weighted by Gasteiger charge is -2.18. The molecule has 9 heteroatoms. The van der Waals surface area contributed by atoms with E-state index in [1.807, 2.05) is 32.5 Å². The topological polar surface area (TPSA) is 63.5 Å². The summed E-state index contributed by atoms with van der Waals surface area (Å²) < 4.78 is 45.6. The second kappa shape index (κ2) is 10.4. The Balaban J connectivity index is 1.91. The predicted octanol–water partition coefficient (Wildman–Crippen LogP) is 3.62. The van der Waals surface area contributed by atoms with E-state index in [1.54, 1.807) is 0 Å². The summed E-state index contributed by atoms with van der Waals surface area (Å²) in [6.45, 7) is 9.26. The van der Waals surface area contributed by atoms with Crippen LogP contribution in [0.2, 0.25) is 0 Å². The number of ether oxygens (including phenoxy) is 1. The van der Waals surface area contributed by atoms with Crippen LogP contribution in [0, 0.1) is 13.8 Å². The van der Waals surface area contributed by atoms with E-state index >= 15 is 0 Å². The van der Waals surface area contributed by atoms with E-state index in [9.17, 15) is 13.2 Å². The lowest BCUT2D eigenvalue weighted by Crippen LogP contribution is -2.43. The molecule has 166 valence electrons. The number of hydrogen-bond acceptors (Lipinski definition) is 3. The first kappa shape index (κ1) is 23.6. The molecule has 0 saturated heterocycles. The van der Waals surface area contributed by atoms with Gasteiger partial charge in [0.15, 0.2) is 5.96 Å². The summed E-state index contributed by atoms with van der Waals surface area (Å²) in [7, 11) is 1.93. The van der Waals surface area contributed by atoms with Crippen LogP contribution in [0.1, 0.15) is 36.4 Å². The summed E-state index contributed by atoms with van der Waals surface area (Å²) in [4.78, 5) is 4.46. The molecule has 2 aromatic rings. The smallest absolute Gasteiger partial charge is 0.416 e. The molecule has 0 bridgehead atoms. The van der Waals surface area contributed by atoms with Gasteiger partial charge in [0.05, 0.1) is 17.8 Å². The number of halogens is 3. The van der Waals surface area contributed by atoms with Crippen LogP contribution in [0.15, 0.2) is 29.3 Å². The first-order chi connectivity index (χ1) is 14.1. The third-order valence-corrected chi connectivity index (χ3v) is 4.69. The van der Waals surface area contributed by atoms with Gasteiger partial charge in [0.2, 0.25) is 0 Å². The van der Waals surface area contributed by atoms with Crippen molar-refractivity contribution in [2.45, 2.75) is 46.3 Å². The number of alkyl halides is 3. The van der Waals surface area contributed by atoms with Crippen molar-refractivity contribution in [2.75, 3.05) is 19.7 Å². The lowest BCUT2D eigenvalue weighted by molar-refractivity contribution is -0.137. The Morgan fingerprint density at radius 1 is 1.30 bits per heavy atom. The molecule has 0 spiro atoms. The average molecular weight is 425 g/mol. The van der Waals surface area contributed by atoms with Crippen LogP contribution < -0.4 is 15.4 Å². The summed E-state index contributed by atoms with van der Waals surface area (Å²) >= 11 is 0. The molecular formula is C21H30F3N5O. The van der Waals surface area contributed by atoms with Crippen molar-refractivity contribution in [1.82, 2.24) is 20.4 Å². The van der Waals surface area contributed by atoms with Crippen molar-refractivity contribution >= 4 is 5.96 Å². The Morgan fingerprint density at radius 2 is 2.03 bits per heavy atom. The minimum atomic E-state index is -4.39. The fourth-order valence-electron chi connectivity index (χ4n) is 3.11. The molecule has 1 unspecified atom stereocenters. The first-order valence-corrected chi connectivity index (χ1v) is 9.95. The van der Waals surface area contributed by atoms with E-state index in [4.69, 9.17) is 4.74 Å². The first-order valence-electron chi connectivity index (χ1n) is 9.95. The van der Waals surface area contributed by atoms with Gasteiger partial charge in [-0.3, -0.25) is 4.68 Å². The molecule has 1 aromatic heterocycles. The molecule has 2 rings (SSSR count). The van der Waals surface area contributed by atoms with Crippen molar-refractivity contribution in [2.24, 2.45) is 12.0 Å².